The number of nitrogens with one attached hydrogen (secondary N) is 2. The van der Waals surface area contributed by atoms with Crippen molar-refractivity contribution < 1.29 is 50.2 Å². The molecule has 2 bridgehead atoms. The van der Waals surface area contributed by atoms with Crippen molar-refractivity contribution in [3.05, 3.63) is 98.0 Å². The van der Waals surface area contributed by atoms with E-state index in [-0.39, 0.29) is 50.8 Å². The van der Waals surface area contributed by atoms with E-state index in [0.717, 1.165) is 45.4 Å². The largest absolute Gasteiger partial charge is 0.493 e. The zero-order valence-electron chi connectivity index (χ0n) is 27.3. The molecule has 9 nitrogen and oxygen atoms in total. The number of rotatable bonds is 7. The minimum atomic E-state index is -4.66. The van der Waals surface area contributed by atoms with E-state index in [2.05, 4.69) is 10.3 Å². The summed E-state index contributed by atoms with van der Waals surface area (Å²) in [6, 6.07) is 13.4. The number of imide groups is 1. The number of hydrogen-bond donors (Lipinski definition) is 2. The lowest BCUT2D eigenvalue weighted by atomic mass is 9.68. The maximum absolute atomic E-state index is 14.0. The number of H-pyrrole nitrogens is 1. The number of carbonyl (C=O) groups excluding carboxylic acids is 3. The van der Waals surface area contributed by atoms with Crippen molar-refractivity contribution >= 4 is 52.2 Å². The molecule has 8 rings (SSSR count). The first kappa shape index (κ1) is 35.3. The average Bonchev–Trinajstić information content (AvgIpc) is 3.85. The number of benzene rings is 3. The van der Waals surface area contributed by atoms with Gasteiger partial charge in [-0.2, -0.15) is 26.3 Å². The Morgan fingerprint density at radius 2 is 1.57 bits per heavy atom. The zero-order valence-corrected chi connectivity index (χ0v) is 28.9. The molecule has 2 aliphatic carbocycles. The standard InChI is InChI=1S/C36H27F6N3O6S2/c1-50-23-10-15(8-9-22(23)51-14-24(46)43-18-6-2-4-16(11-18)35(37,38)39)25-26-20-13-21(29(26)52-31-30(25)53-34(49)44-31)28-27(20)32(47)45(33(28)48)19-7-3-5-17(12-19)36(40,41)42/h2-12,20-21,25-29H,13-14H2,1H3,(H,43,46)(H,44,49)/t20?,21?,25-,26?,27?,28?,29?/m1/s1. The number of ether oxygens (including phenoxy) is 2. The van der Waals surface area contributed by atoms with E-state index in [1.165, 1.54) is 43.1 Å². The van der Waals surface area contributed by atoms with E-state index < -0.39 is 65.6 Å². The fraction of sp³-hybridized carbons (Fsp3) is 0.333. The summed E-state index contributed by atoms with van der Waals surface area (Å²) < 4.78 is 91.3. The lowest BCUT2D eigenvalue weighted by molar-refractivity contribution is -0.138. The summed E-state index contributed by atoms with van der Waals surface area (Å²) in [6.45, 7) is -0.550. The highest BCUT2D eigenvalue weighted by molar-refractivity contribution is 8.00. The van der Waals surface area contributed by atoms with Crippen LogP contribution in [0.3, 0.4) is 0 Å². The summed E-state index contributed by atoms with van der Waals surface area (Å²) >= 11 is 2.49. The van der Waals surface area contributed by atoms with Gasteiger partial charge in [-0.25, -0.2) is 0 Å². The molecule has 2 aliphatic heterocycles. The van der Waals surface area contributed by atoms with Gasteiger partial charge in [0.25, 0.3) is 5.91 Å². The molecule has 53 heavy (non-hydrogen) atoms. The van der Waals surface area contributed by atoms with E-state index in [1.807, 2.05) is 0 Å². The number of halogens is 6. The fourth-order valence-electron chi connectivity index (χ4n) is 8.58. The minimum absolute atomic E-state index is 0.0600. The molecule has 1 aromatic heterocycles. The van der Waals surface area contributed by atoms with Gasteiger partial charge < -0.3 is 19.8 Å². The fourth-order valence-corrected chi connectivity index (χ4v) is 11.5. The third kappa shape index (κ3) is 5.97. The molecule has 3 aromatic carbocycles. The molecule has 3 heterocycles. The van der Waals surface area contributed by atoms with Crippen molar-refractivity contribution in [1.82, 2.24) is 4.98 Å². The van der Waals surface area contributed by atoms with Crippen molar-refractivity contribution in [3.8, 4) is 11.5 Å². The maximum atomic E-state index is 14.0. The average molecular weight is 776 g/mol. The molecule has 2 N–H and O–H groups in total. The summed E-state index contributed by atoms with van der Waals surface area (Å²) in [7, 11) is 1.39. The molecule has 4 aromatic rings. The number of anilines is 2. The van der Waals surface area contributed by atoms with Gasteiger partial charge in [-0.1, -0.05) is 29.5 Å². The molecule has 6 unspecified atom stereocenters. The maximum Gasteiger partial charge on any atom is 0.416 e. The first-order chi connectivity index (χ1) is 25.1. The quantitative estimate of drug-likeness (QED) is 0.151. The zero-order chi connectivity index (χ0) is 37.6. The van der Waals surface area contributed by atoms with Crippen molar-refractivity contribution in [2.45, 2.75) is 35.0 Å². The topological polar surface area (TPSA) is 118 Å². The normalized spacial score (nSPS) is 25.9. The van der Waals surface area contributed by atoms with Gasteiger partial charge in [-0.3, -0.25) is 24.1 Å². The monoisotopic (exact) mass is 775 g/mol. The third-order valence-electron chi connectivity index (χ3n) is 10.5. The molecule has 0 radical (unpaired) electrons. The molecular formula is C36H27F6N3O6S2. The second-order valence-electron chi connectivity index (χ2n) is 13.3. The molecule has 7 atom stereocenters. The number of amides is 3. The van der Waals surface area contributed by atoms with Crippen LogP contribution in [-0.4, -0.2) is 41.7 Å². The predicted octanol–water partition coefficient (Wildman–Crippen LogP) is 7.18. The van der Waals surface area contributed by atoms with Gasteiger partial charge >= 0.3 is 17.2 Å². The van der Waals surface area contributed by atoms with E-state index in [1.54, 1.807) is 18.2 Å². The van der Waals surface area contributed by atoms with Crippen LogP contribution in [-0.2, 0) is 26.7 Å². The Bertz CT molecular complexity index is 2220. The first-order valence-electron chi connectivity index (χ1n) is 16.4. The number of fused-ring (bicyclic) bond motifs is 9. The third-order valence-corrected chi connectivity index (χ3v) is 13.1. The first-order valence-corrected chi connectivity index (χ1v) is 18.1. The Morgan fingerprint density at radius 3 is 2.26 bits per heavy atom. The van der Waals surface area contributed by atoms with Gasteiger partial charge in [0.05, 0.1) is 40.8 Å². The molecule has 276 valence electrons. The van der Waals surface area contributed by atoms with Gasteiger partial charge in [-0.15, -0.1) is 11.8 Å². The predicted molar refractivity (Wildman–Crippen MR) is 181 cm³/mol. The smallest absolute Gasteiger partial charge is 0.416 e. The van der Waals surface area contributed by atoms with Crippen LogP contribution in [0.5, 0.6) is 11.5 Å². The highest BCUT2D eigenvalue weighted by Gasteiger charge is 2.69. The Hall–Kier alpha value is -4.77. The summed E-state index contributed by atoms with van der Waals surface area (Å²) in [4.78, 5) is 57.4. The Morgan fingerprint density at radius 1 is 0.887 bits per heavy atom. The SMILES string of the molecule is COc1cc([C@H]2c3sc(=O)[nH]c3SC3C4CC(C5C(=O)N(c6cccc(C(F)(F)F)c6)C(=O)C45)C32)ccc1OCC(=O)Nc1cccc(C(F)(F)F)c1. The molecule has 3 fully saturated rings. The van der Waals surface area contributed by atoms with Crippen LogP contribution in [0.1, 0.15) is 33.9 Å². The summed E-state index contributed by atoms with van der Waals surface area (Å²) in [5.74, 6) is -4.06. The molecular weight excluding hydrogens is 749 g/mol. The lowest BCUT2D eigenvalue weighted by Gasteiger charge is -2.43. The number of aromatic nitrogens is 1. The van der Waals surface area contributed by atoms with Gasteiger partial charge in [0.1, 0.15) is 0 Å². The van der Waals surface area contributed by atoms with Gasteiger partial charge in [0.15, 0.2) is 18.1 Å². The Kier molecular flexibility index (Phi) is 8.44. The summed E-state index contributed by atoms with van der Waals surface area (Å²) in [6.07, 6.45) is -8.69. The van der Waals surface area contributed by atoms with Crippen LogP contribution in [0.25, 0.3) is 0 Å². The number of methoxy groups -OCH3 is 1. The van der Waals surface area contributed by atoms with Gasteiger partial charge in [0.2, 0.25) is 11.8 Å². The van der Waals surface area contributed by atoms with Crippen LogP contribution in [0.2, 0.25) is 0 Å². The van der Waals surface area contributed by atoms with Crippen LogP contribution in [0, 0.1) is 29.6 Å². The number of aromatic amines is 1. The Balaban J connectivity index is 1.06. The Labute approximate surface area is 304 Å². The molecule has 4 aliphatic rings. The van der Waals surface area contributed by atoms with Crippen molar-refractivity contribution in [2.24, 2.45) is 29.6 Å². The van der Waals surface area contributed by atoms with E-state index >= 15 is 0 Å². The van der Waals surface area contributed by atoms with E-state index in [4.69, 9.17) is 9.47 Å². The van der Waals surface area contributed by atoms with E-state index in [0.29, 0.717) is 17.0 Å². The second-order valence-corrected chi connectivity index (χ2v) is 15.5. The number of carbonyl (C=O) groups is 3. The number of nitrogens with zero attached hydrogens (tertiary/aromatic N) is 1. The molecule has 2 saturated carbocycles. The summed E-state index contributed by atoms with van der Waals surface area (Å²) in [5, 5.41) is 2.84. The number of thioether (sulfide) groups is 1. The number of alkyl halides is 6. The molecule has 3 amide bonds. The van der Waals surface area contributed by atoms with Crippen molar-refractivity contribution in [3.63, 3.8) is 0 Å². The van der Waals surface area contributed by atoms with Gasteiger partial charge in [0, 0.05) is 21.7 Å². The second kappa shape index (κ2) is 12.7. The molecule has 1 saturated heterocycles. The van der Waals surface area contributed by atoms with Crippen molar-refractivity contribution in [1.29, 1.82) is 0 Å². The lowest BCUT2D eigenvalue weighted by Crippen LogP contribution is -2.42. The van der Waals surface area contributed by atoms with Crippen LogP contribution >= 0.6 is 23.1 Å². The molecule has 17 heteroatoms. The van der Waals surface area contributed by atoms with Gasteiger partial charge in [-0.05, 0) is 78.3 Å². The molecule has 0 spiro atoms. The van der Waals surface area contributed by atoms with Crippen LogP contribution < -0.4 is 24.6 Å². The highest BCUT2D eigenvalue weighted by atomic mass is 32.2. The highest BCUT2D eigenvalue weighted by Crippen LogP contribution is 2.69. The van der Waals surface area contributed by atoms with Crippen molar-refractivity contribution in [2.75, 3.05) is 23.9 Å². The van der Waals surface area contributed by atoms with E-state index in [9.17, 15) is 45.5 Å². The summed E-state index contributed by atoms with van der Waals surface area (Å²) in [5.41, 5.74) is -1.36. The van der Waals surface area contributed by atoms with Crippen LogP contribution in [0.4, 0.5) is 37.7 Å². The number of thiazole rings is 1. The number of hydrogen-bond acceptors (Lipinski definition) is 8. The minimum Gasteiger partial charge on any atom is -0.493 e. The van der Waals surface area contributed by atoms with Crippen LogP contribution in [0.15, 0.2) is 76.6 Å².